The number of hydrogen-bond acceptors (Lipinski definition) is 5. The number of carbonyl (C=O) groups excluding carboxylic acids is 1. The van der Waals surface area contributed by atoms with Crippen LogP contribution < -0.4 is 0 Å². The lowest BCUT2D eigenvalue weighted by Crippen LogP contribution is -2.27. The van der Waals surface area contributed by atoms with Gasteiger partial charge in [-0.25, -0.2) is 4.68 Å². The number of pyridine rings is 1. The predicted octanol–water partition coefficient (Wildman–Crippen LogP) is 0.639. The van der Waals surface area contributed by atoms with Crippen LogP contribution in [0.1, 0.15) is 16.1 Å². The van der Waals surface area contributed by atoms with Gasteiger partial charge in [0.1, 0.15) is 0 Å². The summed E-state index contributed by atoms with van der Waals surface area (Å²) >= 11 is 0. The van der Waals surface area contributed by atoms with Gasteiger partial charge in [-0.1, -0.05) is 0 Å². The van der Waals surface area contributed by atoms with Gasteiger partial charge in [0.15, 0.2) is 6.29 Å². The van der Waals surface area contributed by atoms with Gasteiger partial charge < -0.3 is 5.11 Å². The molecule has 2 rings (SSSR count). The number of carboxylic acids is 1. The Labute approximate surface area is 121 Å². The molecule has 0 unspecified atom stereocenters. The topological polar surface area (TPSA) is 88.3 Å². The van der Waals surface area contributed by atoms with E-state index in [1.165, 1.54) is 0 Å². The zero-order chi connectivity index (χ0) is 15.2. The van der Waals surface area contributed by atoms with Gasteiger partial charge >= 0.3 is 5.97 Å². The second-order valence-electron chi connectivity index (χ2n) is 4.69. The Kier molecular flexibility index (Phi) is 4.78. The molecule has 1 N–H and O–H groups in total. The highest BCUT2D eigenvalue weighted by atomic mass is 16.4. The molecule has 0 spiro atoms. The number of likely N-dealkylation sites (N-methyl/N-ethyl adjacent to an activating group) is 1. The van der Waals surface area contributed by atoms with Crippen LogP contribution in [0.15, 0.2) is 30.7 Å². The summed E-state index contributed by atoms with van der Waals surface area (Å²) < 4.78 is 1.60. The van der Waals surface area contributed by atoms with E-state index in [1.807, 2.05) is 6.07 Å². The predicted molar refractivity (Wildman–Crippen MR) is 75.6 cm³/mol. The smallest absolute Gasteiger partial charge is 0.317 e. The van der Waals surface area contributed by atoms with Crippen molar-refractivity contribution < 1.29 is 14.7 Å². The number of aldehydes is 1. The molecule has 0 atom stereocenters. The molecule has 0 bridgehead atoms. The van der Waals surface area contributed by atoms with Crippen molar-refractivity contribution in [1.82, 2.24) is 19.7 Å². The first-order chi connectivity index (χ1) is 10.1. The standard InChI is InChI=1S/C14H16N4O3/c1-17(9-14(20)21)6-4-13-11(10-19)8-18(16-13)12-3-2-5-15-7-12/h2-3,5,7-8,10H,4,6,9H2,1H3,(H,20,21). The Morgan fingerprint density at radius 1 is 1.52 bits per heavy atom. The van der Waals surface area contributed by atoms with Crippen LogP contribution in [-0.4, -0.2) is 57.2 Å². The van der Waals surface area contributed by atoms with Crippen molar-refractivity contribution in [3.8, 4) is 5.69 Å². The van der Waals surface area contributed by atoms with E-state index in [0.717, 1.165) is 12.0 Å². The SMILES string of the molecule is CN(CCc1nn(-c2cccnc2)cc1C=O)CC(=O)O. The maximum Gasteiger partial charge on any atom is 0.317 e. The molecule has 0 aromatic carbocycles. The summed E-state index contributed by atoms with van der Waals surface area (Å²) in [5.74, 6) is -0.881. The third-order valence-corrected chi connectivity index (χ3v) is 3.00. The van der Waals surface area contributed by atoms with Crippen LogP contribution in [0.25, 0.3) is 5.69 Å². The fraction of sp³-hybridized carbons (Fsp3) is 0.286. The highest BCUT2D eigenvalue weighted by Crippen LogP contribution is 2.11. The fourth-order valence-corrected chi connectivity index (χ4v) is 1.94. The maximum atomic E-state index is 11.1. The van der Waals surface area contributed by atoms with Gasteiger partial charge in [-0.3, -0.25) is 19.5 Å². The Hall–Kier alpha value is -2.54. The lowest BCUT2D eigenvalue weighted by Gasteiger charge is -2.12. The third kappa shape index (κ3) is 3.96. The third-order valence-electron chi connectivity index (χ3n) is 3.00. The summed E-state index contributed by atoms with van der Waals surface area (Å²) in [5, 5.41) is 13.1. The quantitative estimate of drug-likeness (QED) is 0.752. The summed E-state index contributed by atoms with van der Waals surface area (Å²) in [6.45, 7) is 0.469. The first-order valence-corrected chi connectivity index (χ1v) is 6.44. The van der Waals surface area contributed by atoms with Crippen LogP contribution in [-0.2, 0) is 11.2 Å². The van der Waals surface area contributed by atoms with Crippen molar-refractivity contribution in [3.05, 3.63) is 42.0 Å². The molecule has 2 heterocycles. The average molecular weight is 288 g/mol. The first-order valence-electron chi connectivity index (χ1n) is 6.44. The van der Waals surface area contributed by atoms with Crippen molar-refractivity contribution in [2.75, 3.05) is 20.1 Å². The number of carboxylic acid groups (broad SMARTS) is 1. The summed E-state index contributed by atoms with van der Waals surface area (Å²) in [7, 11) is 1.72. The van der Waals surface area contributed by atoms with Crippen LogP contribution in [0.3, 0.4) is 0 Å². The lowest BCUT2D eigenvalue weighted by molar-refractivity contribution is -0.137. The highest BCUT2D eigenvalue weighted by molar-refractivity contribution is 5.76. The molecule has 0 aliphatic heterocycles. The van der Waals surface area contributed by atoms with Gasteiger partial charge in [0, 0.05) is 25.4 Å². The second-order valence-corrected chi connectivity index (χ2v) is 4.69. The van der Waals surface area contributed by atoms with E-state index < -0.39 is 5.97 Å². The van der Waals surface area contributed by atoms with Gasteiger partial charge in [0.05, 0.1) is 29.7 Å². The summed E-state index contributed by atoms with van der Waals surface area (Å²) in [6.07, 6.45) is 6.23. The van der Waals surface area contributed by atoms with E-state index in [4.69, 9.17) is 5.11 Å². The number of rotatable bonds is 7. The van der Waals surface area contributed by atoms with Crippen molar-refractivity contribution in [1.29, 1.82) is 0 Å². The highest BCUT2D eigenvalue weighted by Gasteiger charge is 2.11. The number of aromatic nitrogens is 3. The van der Waals surface area contributed by atoms with E-state index in [1.54, 1.807) is 41.3 Å². The molecule has 21 heavy (non-hydrogen) atoms. The van der Waals surface area contributed by atoms with Crippen molar-refractivity contribution in [3.63, 3.8) is 0 Å². The molecule has 0 fully saturated rings. The minimum absolute atomic E-state index is 0.0419. The molecule has 2 aromatic rings. The molecule has 7 nitrogen and oxygen atoms in total. The Balaban J connectivity index is 2.11. The van der Waals surface area contributed by atoms with Crippen molar-refractivity contribution in [2.24, 2.45) is 0 Å². The molecule has 7 heteroatoms. The average Bonchev–Trinajstić information content (AvgIpc) is 2.88. The largest absolute Gasteiger partial charge is 0.480 e. The Morgan fingerprint density at radius 2 is 2.33 bits per heavy atom. The lowest BCUT2D eigenvalue weighted by atomic mass is 10.2. The van der Waals surface area contributed by atoms with Crippen LogP contribution in [0.2, 0.25) is 0 Å². The van der Waals surface area contributed by atoms with Crippen LogP contribution >= 0.6 is 0 Å². The van der Waals surface area contributed by atoms with Gasteiger partial charge in [0.2, 0.25) is 0 Å². The minimum Gasteiger partial charge on any atom is -0.480 e. The monoisotopic (exact) mass is 288 g/mol. The van der Waals surface area contributed by atoms with E-state index in [-0.39, 0.29) is 6.54 Å². The van der Waals surface area contributed by atoms with Gasteiger partial charge in [-0.2, -0.15) is 5.10 Å². The van der Waals surface area contributed by atoms with Gasteiger partial charge in [-0.05, 0) is 19.2 Å². The van der Waals surface area contributed by atoms with E-state index in [0.29, 0.717) is 24.2 Å². The van der Waals surface area contributed by atoms with Crippen LogP contribution in [0.4, 0.5) is 0 Å². The second kappa shape index (κ2) is 6.76. The van der Waals surface area contributed by atoms with Crippen LogP contribution in [0, 0.1) is 0 Å². The number of hydrogen-bond donors (Lipinski definition) is 1. The minimum atomic E-state index is -0.881. The molecule has 0 radical (unpaired) electrons. The Morgan fingerprint density at radius 3 is 2.95 bits per heavy atom. The maximum absolute atomic E-state index is 11.1. The van der Waals surface area contributed by atoms with E-state index in [2.05, 4.69) is 10.1 Å². The fourth-order valence-electron chi connectivity index (χ4n) is 1.94. The van der Waals surface area contributed by atoms with Crippen molar-refractivity contribution >= 4 is 12.3 Å². The van der Waals surface area contributed by atoms with E-state index >= 15 is 0 Å². The summed E-state index contributed by atoms with van der Waals surface area (Å²) in [6, 6.07) is 3.63. The Bertz CT molecular complexity index is 624. The van der Waals surface area contributed by atoms with E-state index in [9.17, 15) is 9.59 Å². The zero-order valence-corrected chi connectivity index (χ0v) is 11.6. The molecular formula is C14H16N4O3. The zero-order valence-electron chi connectivity index (χ0n) is 11.6. The molecule has 2 aromatic heterocycles. The molecule has 0 aliphatic rings. The number of carbonyl (C=O) groups is 2. The molecule has 110 valence electrons. The molecule has 0 aliphatic carbocycles. The van der Waals surface area contributed by atoms with Gasteiger partial charge in [-0.15, -0.1) is 0 Å². The summed E-state index contributed by atoms with van der Waals surface area (Å²) in [4.78, 5) is 27.4. The molecule has 0 saturated heterocycles. The number of nitrogens with zero attached hydrogens (tertiary/aromatic N) is 4. The molecular weight excluding hydrogens is 272 g/mol. The van der Waals surface area contributed by atoms with Gasteiger partial charge in [0.25, 0.3) is 0 Å². The summed E-state index contributed by atoms with van der Waals surface area (Å²) in [5.41, 5.74) is 1.92. The number of aliphatic carboxylic acids is 1. The molecule has 0 saturated carbocycles. The molecule has 0 amide bonds. The van der Waals surface area contributed by atoms with Crippen molar-refractivity contribution in [2.45, 2.75) is 6.42 Å². The van der Waals surface area contributed by atoms with Crippen LogP contribution in [0.5, 0.6) is 0 Å². The normalized spacial score (nSPS) is 10.8. The first kappa shape index (κ1) is 14.9.